The molecule has 21 nitrogen and oxygen atoms in total. The van der Waals surface area contributed by atoms with Crippen molar-refractivity contribution in [3.63, 3.8) is 0 Å². The molecule has 55 heavy (non-hydrogen) atoms. The molecule has 0 fully saturated rings. The monoisotopic (exact) mass is 780 g/mol. The van der Waals surface area contributed by atoms with Gasteiger partial charge in [0.15, 0.2) is 5.96 Å². The van der Waals surface area contributed by atoms with E-state index in [2.05, 4.69) is 26.3 Å². The van der Waals surface area contributed by atoms with E-state index in [4.69, 9.17) is 34.4 Å². The summed E-state index contributed by atoms with van der Waals surface area (Å²) in [7, 11) is 0. The first kappa shape index (κ1) is 48.4. The highest BCUT2D eigenvalue weighted by Crippen LogP contribution is 2.20. The second-order valence-electron chi connectivity index (χ2n) is 12.9. The van der Waals surface area contributed by atoms with Crippen LogP contribution in [-0.2, 0) is 28.8 Å². The van der Waals surface area contributed by atoms with Gasteiger partial charge in [-0.1, -0.05) is 30.3 Å². The van der Waals surface area contributed by atoms with E-state index in [1.165, 1.54) is 0 Å². The number of imide groups is 2. The van der Waals surface area contributed by atoms with Crippen LogP contribution in [0.4, 0.5) is 0 Å². The molecule has 21 heteroatoms. The average molecular weight is 781 g/mol. The molecule has 0 saturated heterocycles. The summed E-state index contributed by atoms with van der Waals surface area (Å²) in [4.78, 5) is 81.1. The number of aliphatic hydroxyl groups excluding tert-OH is 2. The standard InChI is InChI=1S/C34H60N12O9/c35-18-22(21-8-2-1-3-9-21)32(53)46(30(51)17-27(38)48)25(19-36)31(52)44-24(33(54)55)11-6-10-23(37)26(47)16-28(49)45-29(50)20-42-14-7-13-41-12-4-5-15-43-34(39)40/h1-3,8-9,22-27,41-42,47-48H,4-7,10-20,35-38H2,(H,44,52)(H,54,55)(H4,39,40,43)(H,45,49,50)/t22-,23+,24-,25+,26-,27-/m1/s1. The zero-order valence-corrected chi connectivity index (χ0v) is 31.1. The van der Waals surface area contributed by atoms with Gasteiger partial charge < -0.3 is 65.7 Å². The summed E-state index contributed by atoms with van der Waals surface area (Å²) in [6.07, 6.45) is -1.86. The number of nitrogens with one attached hydrogen (secondary N) is 4. The molecule has 0 aliphatic rings. The molecule has 0 aliphatic heterocycles. The molecule has 1 aromatic rings. The number of carbonyl (C=O) groups is 6. The molecular formula is C34H60N12O9. The fraction of sp³-hybridized carbons (Fsp3) is 0.618. The van der Waals surface area contributed by atoms with Crippen LogP contribution in [0.3, 0.4) is 0 Å². The minimum Gasteiger partial charge on any atom is -0.480 e. The van der Waals surface area contributed by atoms with Crippen molar-refractivity contribution in [2.24, 2.45) is 39.4 Å². The Balaban J connectivity index is 2.63. The zero-order valence-electron chi connectivity index (χ0n) is 31.1. The number of carboxylic acid groups (broad SMARTS) is 1. The van der Waals surface area contributed by atoms with Gasteiger partial charge >= 0.3 is 5.97 Å². The maximum absolute atomic E-state index is 13.7. The van der Waals surface area contributed by atoms with Crippen molar-refractivity contribution in [2.75, 3.05) is 45.8 Å². The number of aliphatic hydroxyl groups is 2. The third-order valence-corrected chi connectivity index (χ3v) is 8.32. The van der Waals surface area contributed by atoms with Gasteiger partial charge in [0.25, 0.3) is 0 Å². The molecule has 19 N–H and O–H groups in total. The number of unbranched alkanes of at least 4 members (excludes halogenated alkanes) is 1. The van der Waals surface area contributed by atoms with E-state index in [0.717, 1.165) is 32.4 Å². The van der Waals surface area contributed by atoms with Crippen LogP contribution in [0, 0.1) is 0 Å². The Morgan fingerprint density at radius 2 is 1.45 bits per heavy atom. The molecule has 1 aromatic carbocycles. The van der Waals surface area contributed by atoms with Gasteiger partial charge in [0.1, 0.15) is 18.3 Å². The van der Waals surface area contributed by atoms with Crippen LogP contribution < -0.4 is 55.7 Å². The number of carboxylic acids is 1. The zero-order chi connectivity index (χ0) is 41.3. The summed E-state index contributed by atoms with van der Waals surface area (Å²) in [6.45, 7) is 1.65. The Hall–Kier alpha value is -4.61. The van der Waals surface area contributed by atoms with Gasteiger partial charge in [-0.2, -0.15) is 0 Å². The lowest BCUT2D eigenvalue weighted by atomic mass is 9.96. The van der Waals surface area contributed by atoms with E-state index in [1.807, 2.05) is 0 Å². The lowest BCUT2D eigenvalue weighted by Crippen LogP contribution is -2.59. The molecule has 310 valence electrons. The van der Waals surface area contributed by atoms with Crippen molar-refractivity contribution in [1.29, 1.82) is 0 Å². The molecule has 5 amide bonds. The highest BCUT2D eigenvalue weighted by atomic mass is 16.4. The first-order chi connectivity index (χ1) is 26.1. The van der Waals surface area contributed by atoms with Crippen LogP contribution >= 0.6 is 0 Å². The van der Waals surface area contributed by atoms with Crippen LogP contribution in [-0.4, -0.2) is 138 Å². The van der Waals surface area contributed by atoms with E-state index < -0.39 is 91.3 Å². The smallest absolute Gasteiger partial charge is 0.326 e. The van der Waals surface area contributed by atoms with Crippen molar-refractivity contribution >= 4 is 41.5 Å². The molecule has 0 aliphatic carbocycles. The molecule has 0 aromatic heterocycles. The molecule has 0 radical (unpaired) electrons. The van der Waals surface area contributed by atoms with E-state index in [1.54, 1.807) is 30.3 Å². The summed E-state index contributed by atoms with van der Waals surface area (Å²) in [5.41, 5.74) is 34.1. The fourth-order valence-corrected chi connectivity index (χ4v) is 5.39. The average Bonchev–Trinajstić information content (AvgIpc) is 3.12. The third kappa shape index (κ3) is 19.5. The number of guanidine groups is 1. The minimum atomic E-state index is -1.68. The Labute approximate surface area is 320 Å². The van der Waals surface area contributed by atoms with Crippen LogP contribution in [0.5, 0.6) is 0 Å². The van der Waals surface area contributed by atoms with Crippen LogP contribution in [0.2, 0.25) is 0 Å². The maximum atomic E-state index is 13.7. The maximum Gasteiger partial charge on any atom is 0.326 e. The van der Waals surface area contributed by atoms with Gasteiger partial charge in [0.2, 0.25) is 29.5 Å². The van der Waals surface area contributed by atoms with Crippen molar-refractivity contribution in [3.8, 4) is 0 Å². The topological polar surface area (TPSA) is 383 Å². The summed E-state index contributed by atoms with van der Waals surface area (Å²) in [5, 5.41) is 40.6. The van der Waals surface area contributed by atoms with E-state index in [0.29, 0.717) is 23.6 Å². The molecular weight excluding hydrogens is 720 g/mol. The number of amides is 5. The summed E-state index contributed by atoms with van der Waals surface area (Å²) >= 11 is 0. The number of carbonyl (C=O) groups excluding carboxylic acids is 5. The van der Waals surface area contributed by atoms with Gasteiger partial charge in [-0.15, -0.1) is 0 Å². The molecule has 1 rings (SSSR count). The van der Waals surface area contributed by atoms with Gasteiger partial charge in [-0.25, -0.2) is 4.79 Å². The van der Waals surface area contributed by atoms with Gasteiger partial charge in [0.05, 0.1) is 31.4 Å². The Morgan fingerprint density at radius 1 is 0.800 bits per heavy atom. The predicted molar refractivity (Wildman–Crippen MR) is 203 cm³/mol. The normalized spacial score (nSPS) is 14.4. The number of aliphatic carboxylic acids is 1. The Kier molecular flexibility index (Phi) is 23.8. The van der Waals surface area contributed by atoms with Gasteiger partial charge in [-0.05, 0) is 63.7 Å². The van der Waals surface area contributed by atoms with Crippen molar-refractivity contribution in [3.05, 3.63) is 35.9 Å². The first-order valence-electron chi connectivity index (χ1n) is 18.1. The molecule has 0 heterocycles. The van der Waals surface area contributed by atoms with E-state index in [9.17, 15) is 44.1 Å². The SMILES string of the molecule is NC[C@@H](C(=O)N(C(=O)C[C@H](N)O)[C@@H](CN)C(=O)N[C@H](CCC[C@H](N)[C@H](O)CC(=O)NC(=O)CNCCCNCCCCN=C(N)N)C(=O)O)c1ccccc1. The van der Waals surface area contributed by atoms with Crippen LogP contribution in [0.1, 0.15) is 62.8 Å². The van der Waals surface area contributed by atoms with Crippen LogP contribution in [0.15, 0.2) is 35.3 Å². The highest BCUT2D eigenvalue weighted by molar-refractivity contribution is 6.03. The van der Waals surface area contributed by atoms with Crippen molar-refractivity contribution in [2.45, 2.75) is 87.7 Å². The van der Waals surface area contributed by atoms with E-state index in [-0.39, 0.29) is 38.3 Å². The quantitative estimate of drug-likeness (QED) is 0.0164. The number of rotatable bonds is 28. The number of nitrogens with two attached hydrogens (primary N) is 6. The number of aliphatic imine (C=N–C) groups is 1. The first-order valence-corrected chi connectivity index (χ1v) is 18.1. The van der Waals surface area contributed by atoms with Crippen molar-refractivity contribution < 1.29 is 44.1 Å². The van der Waals surface area contributed by atoms with Crippen LogP contribution in [0.25, 0.3) is 0 Å². The lowest BCUT2D eigenvalue weighted by molar-refractivity contribution is -0.154. The largest absolute Gasteiger partial charge is 0.480 e. The lowest BCUT2D eigenvalue weighted by Gasteiger charge is -2.32. The summed E-state index contributed by atoms with van der Waals surface area (Å²) in [6, 6.07) is 4.02. The Morgan fingerprint density at radius 3 is 2.05 bits per heavy atom. The number of hydrogen-bond donors (Lipinski definition) is 13. The highest BCUT2D eigenvalue weighted by Gasteiger charge is 2.39. The second kappa shape index (κ2) is 27.0. The summed E-state index contributed by atoms with van der Waals surface area (Å²) < 4.78 is 0. The minimum absolute atomic E-state index is 0.0287. The summed E-state index contributed by atoms with van der Waals surface area (Å²) in [5.74, 6) is -6.77. The molecule has 0 bridgehead atoms. The second-order valence-corrected chi connectivity index (χ2v) is 12.9. The molecule has 0 saturated carbocycles. The number of nitrogens with zero attached hydrogens (tertiary/aromatic N) is 2. The van der Waals surface area contributed by atoms with Crippen molar-refractivity contribution in [1.82, 2.24) is 26.2 Å². The number of benzene rings is 1. The molecule has 0 unspecified atom stereocenters. The van der Waals surface area contributed by atoms with Gasteiger partial charge in [-0.3, -0.25) is 39.2 Å². The molecule has 6 atom stereocenters. The van der Waals surface area contributed by atoms with Gasteiger partial charge in [0, 0.05) is 25.7 Å². The predicted octanol–water partition coefficient (Wildman–Crippen LogP) is -4.84. The third-order valence-electron chi connectivity index (χ3n) is 8.32. The Bertz CT molecular complexity index is 1380. The van der Waals surface area contributed by atoms with E-state index >= 15 is 0 Å². The molecule has 0 spiro atoms. The number of hydrogen-bond acceptors (Lipinski definition) is 15. The fourth-order valence-electron chi connectivity index (χ4n) is 5.39.